The number of ether oxygens (including phenoxy) is 1. The van der Waals surface area contributed by atoms with Crippen molar-refractivity contribution in [2.45, 2.75) is 25.2 Å². The first-order valence-corrected chi connectivity index (χ1v) is 3.13. The molecule has 5 nitrogen and oxygen atoms in total. The third-order valence-electron chi connectivity index (χ3n) is 1.53. The molecular weight excluding hydrogens is 138 g/mol. The Kier molecular flexibility index (Phi) is 2.18. The summed E-state index contributed by atoms with van der Waals surface area (Å²) in [5.74, 6) is 0. The lowest BCUT2D eigenvalue weighted by atomic mass is 10.1. The van der Waals surface area contributed by atoms with Gasteiger partial charge in [-0.15, -0.1) is 0 Å². The Hall–Kier alpha value is -0.680. The van der Waals surface area contributed by atoms with Gasteiger partial charge in [0.1, 0.15) is 6.61 Å². The average Bonchev–Trinajstić information content (AvgIpc) is 1.88. The van der Waals surface area contributed by atoms with E-state index in [2.05, 4.69) is 4.74 Å². The highest BCUT2D eigenvalue weighted by Crippen LogP contribution is 2.12. The fourth-order valence-corrected chi connectivity index (χ4v) is 0.890. The second kappa shape index (κ2) is 2.94. The largest absolute Gasteiger partial charge is 0.368 e. The second-order valence-electron chi connectivity index (χ2n) is 2.30. The summed E-state index contributed by atoms with van der Waals surface area (Å²) >= 11 is 0. The van der Waals surface area contributed by atoms with Crippen molar-refractivity contribution < 1.29 is 14.8 Å². The normalized spacial score (nSPS) is 33.7. The fraction of sp³-hybridized carbons (Fsp3) is 1.00. The van der Waals surface area contributed by atoms with E-state index in [0.29, 0.717) is 12.8 Å². The van der Waals surface area contributed by atoms with Gasteiger partial charge in [0.05, 0.1) is 0 Å². The smallest absolute Gasteiger partial charge is 0.236 e. The number of rotatable bonds is 1. The molecule has 0 saturated carbocycles. The van der Waals surface area contributed by atoms with E-state index >= 15 is 0 Å². The Labute approximate surface area is 57.8 Å². The summed E-state index contributed by atoms with van der Waals surface area (Å²) in [4.78, 5) is 9.74. The highest BCUT2D eigenvalue weighted by Gasteiger charge is 2.27. The minimum atomic E-state index is -0.795. The Morgan fingerprint density at radius 1 is 1.60 bits per heavy atom. The van der Waals surface area contributed by atoms with Crippen molar-refractivity contribution in [2.75, 3.05) is 6.61 Å². The summed E-state index contributed by atoms with van der Waals surface area (Å²) in [5, 5.41) is 18.9. The topological polar surface area (TPSA) is 72.6 Å². The molecule has 1 saturated heterocycles. The molecule has 1 fully saturated rings. The van der Waals surface area contributed by atoms with Gasteiger partial charge in [-0.1, -0.05) is 0 Å². The molecule has 1 aliphatic rings. The molecule has 1 aliphatic heterocycles. The number of hydrogen-bond donors (Lipinski definition) is 1. The first kappa shape index (κ1) is 7.43. The second-order valence-corrected chi connectivity index (χ2v) is 2.30. The van der Waals surface area contributed by atoms with Crippen LogP contribution in [0.4, 0.5) is 0 Å². The molecule has 58 valence electrons. The third kappa shape index (κ3) is 1.65. The molecule has 2 unspecified atom stereocenters. The van der Waals surface area contributed by atoms with E-state index in [-0.39, 0.29) is 11.5 Å². The van der Waals surface area contributed by atoms with Crippen molar-refractivity contribution in [3.05, 3.63) is 10.1 Å². The van der Waals surface area contributed by atoms with E-state index in [9.17, 15) is 10.1 Å². The van der Waals surface area contributed by atoms with Crippen molar-refractivity contribution in [3.8, 4) is 0 Å². The third-order valence-corrected chi connectivity index (χ3v) is 1.53. The molecule has 0 radical (unpaired) electrons. The molecule has 1 rings (SSSR count). The SMILES string of the molecule is O=[N+]([O-])C1CCC(O)OC1. The van der Waals surface area contributed by atoms with Gasteiger partial charge >= 0.3 is 0 Å². The van der Waals surface area contributed by atoms with Crippen molar-refractivity contribution in [2.24, 2.45) is 0 Å². The van der Waals surface area contributed by atoms with Crippen LogP contribution in [0.15, 0.2) is 0 Å². The number of aliphatic hydroxyl groups excluding tert-OH is 1. The molecule has 1 heterocycles. The first-order valence-electron chi connectivity index (χ1n) is 3.13. The molecule has 0 amide bonds. The van der Waals surface area contributed by atoms with Crippen LogP contribution in [0, 0.1) is 10.1 Å². The Morgan fingerprint density at radius 2 is 2.30 bits per heavy atom. The molecule has 0 aromatic rings. The first-order chi connectivity index (χ1) is 4.70. The number of nitro groups is 1. The van der Waals surface area contributed by atoms with Gasteiger partial charge < -0.3 is 9.84 Å². The maximum absolute atomic E-state index is 10.1. The molecule has 0 aromatic heterocycles. The standard InChI is InChI=1S/C5H9NO4/c7-5-2-1-4(3-10-5)6(8)9/h4-5,7H,1-3H2. The predicted molar refractivity (Wildman–Crippen MR) is 32.0 cm³/mol. The summed E-state index contributed by atoms with van der Waals surface area (Å²) in [6.07, 6.45) is -0.0176. The van der Waals surface area contributed by atoms with Crippen LogP contribution >= 0.6 is 0 Å². The maximum Gasteiger partial charge on any atom is 0.236 e. The van der Waals surface area contributed by atoms with Gasteiger partial charge in [-0.2, -0.15) is 0 Å². The quantitative estimate of drug-likeness (QED) is 0.410. The van der Waals surface area contributed by atoms with Crippen molar-refractivity contribution in [1.29, 1.82) is 0 Å². The van der Waals surface area contributed by atoms with Crippen LogP contribution in [-0.4, -0.2) is 29.0 Å². The molecule has 0 aromatic carbocycles. The average molecular weight is 147 g/mol. The van der Waals surface area contributed by atoms with E-state index < -0.39 is 12.3 Å². The summed E-state index contributed by atoms with van der Waals surface area (Å²) < 4.78 is 4.67. The lowest BCUT2D eigenvalue weighted by molar-refractivity contribution is -0.534. The molecule has 1 N–H and O–H groups in total. The van der Waals surface area contributed by atoms with Crippen LogP contribution in [0.3, 0.4) is 0 Å². The van der Waals surface area contributed by atoms with Crippen LogP contribution in [0.5, 0.6) is 0 Å². The lowest BCUT2D eigenvalue weighted by Gasteiger charge is -2.19. The summed E-state index contributed by atoms with van der Waals surface area (Å²) in [6, 6.07) is -0.622. The van der Waals surface area contributed by atoms with E-state index in [0.717, 1.165) is 0 Å². The fourth-order valence-electron chi connectivity index (χ4n) is 0.890. The van der Waals surface area contributed by atoms with E-state index in [1.807, 2.05) is 0 Å². The molecule has 0 aliphatic carbocycles. The number of hydrogen-bond acceptors (Lipinski definition) is 4. The van der Waals surface area contributed by atoms with Gasteiger partial charge in [0, 0.05) is 17.8 Å². The van der Waals surface area contributed by atoms with Gasteiger partial charge in [0.25, 0.3) is 0 Å². The lowest BCUT2D eigenvalue weighted by Crippen LogP contribution is -2.34. The summed E-state index contributed by atoms with van der Waals surface area (Å²) in [5.41, 5.74) is 0. The molecular formula is C5H9NO4. The van der Waals surface area contributed by atoms with Crippen molar-refractivity contribution in [1.82, 2.24) is 0 Å². The Balaban J connectivity index is 2.33. The highest BCUT2D eigenvalue weighted by atomic mass is 16.6. The zero-order valence-corrected chi connectivity index (χ0v) is 5.40. The minimum absolute atomic E-state index is 0.0359. The van der Waals surface area contributed by atoms with Crippen molar-refractivity contribution >= 4 is 0 Å². The van der Waals surface area contributed by atoms with Gasteiger partial charge in [0.2, 0.25) is 6.04 Å². The molecule has 10 heavy (non-hydrogen) atoms. The van der Waals surface area contributed by atoms with Gasteiger partial charge in [-0.05, 0) is 0 Å². The van der Waals surface area contributed by atoms with Gasteiger partial charge in [-0.25, -0.2) is 0 Å². The number of aliphatic hydroxyl groups is 1. The van der Waals surface area contributed by atoms with E-state index in [1.54, 1.807) is 0 Å². The number of nitrogens with zero attached hydrogens (tertiary/aromatic N) is 1. The Morgan fingerprint density at radius 3 is 2.70 bits per heavy atom. The molecule has 5 heteroatoms. The minimum Gasteiger partial charge on any atom is -0.368 e. The van der Waals surface area contributed by atoms with E-state index in [4.69, 9.17) is 5.11 Å². The summed E-state index contributed by atoms with van der Waals surface area (Å²) in [6.45, 7) is 0.0359. The molecule has 2 atom stereocenters. The maximum atomic E-state index is 10.1. The van der Waals surface area contributed by atoms with Crippen LogP contribution in [-0.2, 0) is 4.74 Å². The summed E-state index contributed by atoms with van der Waals surface area (Å²) in [7, 11) is 0. The molecule has 0 bridgehead atoms. The van der Waals surface area contributed by atoms with Gasteiger partial charge in [0.15, 0.2) is 6.29 Å². The van der Waals surface area contributed by atoms with Crippen LogP contribution in [0.2, 0.25) is 0 Å². The monoisotopic (exact) mass is 147 g/mol. The van der Waals surface area contributed by atoms with Crippen LogP contribution in [0.1, 0.15) is 12.8 Å². The predicted octanol–water partition coefficient (Wildman–Crippen LogP) is -0.240. The van der Waals surface area contributed by atoms with Crippen molar-refractivity contribution in [3.63, 3.8) is 0 Å². The highest BCUT2D eigenvalue weighted by molar-refractivity contribution is 4.62. The van der Waals surface area contributed by atoms with Gasteiger partial charge in [-0.3, -0.25) is 10.1 Å². The van der Waals surface area contributed by atoms with Crippen LogP contribution < -0.4 is 0 Å². The van der Waals surface area contributed by atoms with Crippen LogP contribution in [0.25, 0.3) is 0 Å². The molecule has 0 spiro atoms. The zero-order valence-electron chi connectivity index (χ0n) is 5.40. The zero-order chi connectivity index (χ0) is 7.56. The van der Waals surface area contributed by atoms with E-state index in [1.165, 1.54) is 0 Å². The Bertz CT molecular complexity index is 130.